The van der Waals surface area contributed by atoms with Gasteiger partial charge in [-0.3, -0.25) is 0 Å². The van der Waals surface area contributed by atoms with Gasteiger partial charge in [-0.1, -0.05) is 6.42 Å². The molecule has 1 atom stereocenters. The molecule has 1 aliphatic heterocycles. The van der Waals surface area contributed by atoms with Gasteiger partial charge in [0.25, 0.3) is 0 Å². The molecule has 20 heavy (non-hydrogen) atoms. The fourth-order valence-corrected chi connectivity index (χ4v) is 3.85. The molecule has 1 saturated heterocycles. The zero-order valence-corrected chi connectivity index (χ0v) is 12.9. The molecule has 114 valence electrons. The van der Waals surface area contributed by atoms with Crippen LogP contribution in [0.3, 0.4) is 0 Å². The average Bonchev–Trinajstić information content (AvgIpc) is 2.80. The lowest BCUT2D eigenvalue weighted by molar-refractivity contribution is 0.187. The molecule has 3 N–H and O–H groups in total. The molecular formula is C13H23N3O3S. The first-order chi connectivity index (χ1) is 9.44. The Morgan fingerprint density at radius 2 is 2.25 bits per heavy atom. The number of sulfonamides is 1. The van der Waals surface area contributed by atoms with Gasteiger partial charge < -0.3 is 15.1 Å². The third-order valence-electron chi connectivity index (χ3n) is 3.84. The first-order valence-corrected chi connectivity index (χ1v) is 8.41. The first-order valence-electron chi connectivity index (χ1n) is 6.93. The summed E-state index contributed by atoms with van der Waals surface area (Å²) in [4.78, 5) is 2.40. The van der Waals surface area contributed by atoms with Crippen LogP contribution in [0.2, 0.25) is 0 Å². The van der Waals surface area contributed by atoms with Crippen LogP contribution in [0.5, 0.6) is 0 Å². The standard InChI is InChI=1S/C13H23N3O3S/c1-10-13(7-12(8-14)19-10)20(17,18)15-9-11-5-3-4-6-16(11)2/h7,11,15H,3-6,8-9,14H2,1-2H3. The minimum Gasteiger partial charge on any atom is -0.464 e. The number of likely N-dealkylation sites (N-methyl/N-ethyl adjacent to an activating group) is 1. The lowest BCUT2D eigenvalue weighted by Crippen LogP contribution is -2.44. The molecule has 0 saturated carbocycles. The highest BCUT2D eigenvalue weighted by molar-refractivity contribution is 7.89. The highest BCUT2D eigenvalue weighted by Gasteiger charge is 2.24. The van der Waals surface area contributed by atoms with E-state index >= 15 is 0 Å². The van der Waals surface area contributed by atoms with Crippen molar-refractivity contribution in [3.8, 4) is 0 Å². The molecule has 0 bridgehead atoms. The molecule has 0 radical (unpaired) electrons. The Labute approximate surface area is 120 Å². The summed E-state index contributed by atoms with van der Waals surface area (Å²) in [5.74, 6) is 0.868. The Kier molecular flexibility index (Phi) is 4.85. The van der Waals surface area contributed by atoms with Crippen LogP contribution in [0.1, 0.15) is 30.8 Å². The molecular weight excluding hydrogens is 278 g/mol. The molecule has 0 aromatic carbocycles. The van der Waals surface area contributed by atoms with Crippen molar-refractivity contribution in [2.45, 2.75) is 43.7 Å². The van der Waals surface area contributed by atoms with Crippen LogP contribution in [0, 0.1) is 6.92 Å². The fraction of sp³-hybridized carbons (Fsp3) is 0.692. The second kappa shape index (κ2) is 6.26. The first kappa shape index (κ1) is 15.5. The van der Waals surface area contributed by atoms with Gasteiger partial charge >= 0.3 is 0 Å². The van der Waals surface area contributed by atoms with Gasteiger partial charge in [0.1, 0.15) is 16.4 Å². The van der Waals surface area contributed by atoms with Crippen LogP contribution < -0.4 is 10.5 Å². The number of nitrogens with two attached hydrogens (primary N) is 1. The summed E-state index contributed by atoms with van der Waals surface area (Å²) in [5, 5.41) is 0. The summed E-state index contributed by atoms with van der Waals surface area (Å²) in [6.07, 6.45) is 3.36. The van der Waals surface area contributed by atoms with Gasteiger partial charge in [0.15, 0.2) is 0 Å². The van der Waals surface area contributed by atoms with Gasteiger partial charge in [0, 0.05) is 18.7 Å². The molecule has 1 aromatic heterocycles. The van der Waals surface area contributed by atoms with E-state index in [0.29, 0.717) is 18.1 Å². The predicted molar refractivity (Wildman–Crippen MR) is 76.8 cm³/mol. The van der Waals surface area contributed by atoms with Crippen molar-refractivity contribution in [1.29, 1.82) is 0 Å². The lowest BCUT2D eigenvalue weighted by atomic mass is 10.0. The van der Waals surface area contributed by atoms with E-state index in [1.807, 2.05) is 7.05 Å². The van der Waals surface area contributed by atoms with Crippen molar-refractivity contribution in [2.24, 2.45) is 5.73 Å². The maximum atomic E-state index is 12.3. The minimum atomic E-state index is -3.53. The normalized spacial score (nSPS) is 21.2. The van der Waals surface area contributed by atoms with Crippen LogP contribution in [-0.4, -0.2) is 39.5 Å². The Balaban J connectivity index is 2.05. The largest absolute Gasteiger partial charge is 0.464 e. The SMILES string of the molecule is Cc1oc(CN)cc1S(=O)(=O)NCC1CCCCN1C. The zero-order valence-electron chi connectivity index (χ0n) is 12.1. The van der Waals surface area contributed by atoms with Gasteiger partial charge in [0.2, 0.25) is 10.0 Å². The maximum absolute atomic E-state index is 12.3. The number of hydrogen-bond acceptors (Lipinski definition) is 5. The van der Waals surface area contributed by atoms with Gasteiger partial charge in [-0.05, 0) is 33.4 Å². The molecule has 0 aliphatic carbocycles. The summed E-state index contributed by atoms with van der Waals surface area (Å²) >= 11 is 0. The van der Waals surface area contributed by atoms with Gasteiger partial charge in [-0.15, -0.1) is 0 Å². The molecule has 1 aliphatic rings. The predicted octanol–water partition coefficient (Wildman–Crippen LogP) is 0.809. The molecule has 2 rings (SSSR count). The van der Waals surface area contributed by atoms with Crippen molar-refractivity contribution in [2.75, 3.05) is 20.1 Å². The Bertz CT molecular complexity index is 553. The molecule has 2 heterocycles. The molecule has 1 aromatic rings. The molecule has 7 heteroatoms. The lowest BCUT2D eigenvalue weighted by Gasteiger charge is -2.32. The van der Waals surface area contributed by atoms with E-state index in [1.54, 1.807) is 6.92 Å². The Hall–Kier alpha value is -0.890. The highest BCUT2D eigenvalue weighted by Crippen LogP contribution is 2.20. The monoisotopic (exact) mass is 301 g/mol. The topological polar surface area (TPSA) is 88.6 Å². The molecule has 0 spiro atoms. The Morgan fingerprint density at radius 3 is 2.85 bits per heavy atom. The Morgan fingerprint density at radius 1 is 1.50 bits per heavy atom. The van der Waals surface area contributed by atoms with Crippen LogP contribution in [-0.2, 0) is 16.6 Å². The third kappa shape index (κ3) is 3.41. The van der Waals surface area contributed by atoms with E-state index in [4.69, 9.17) is 10.2 Å². The number of aryl methyl sites for hydroxylation is 1. The highest BCUT2D eigenvalue weighted by atomic mass is 32.2. The van der Waals surface area contributed by atoms with Gasteiger partial charge in [-0.2, -0.15) is 0 Å². The van der Waals surface area contributed by atoms with Crippen LogP contribution >= 0.6 is 0 Å². The fourth-order valence-electron chi connectivity index (χ4n) is 2.58. The number of nitrogens with zero attached hydrogens (tertiary/aromatic N) is 1. The third-order valence-corrected chi connectivity index (χ3v) is 5.38. The summed E-state index contributed by atoms with van der Waals surface area (Å²) in [7, 11) is -1.49. The number of nitrogens with one attached hydrogen (secondary N) is 1. The van der Waals surface area contributed by atoms with E-state index in [0.717, 1.165) is 19.4 Å². The second-order valence-corrected chi connectivity index (χ2v) is 7.05. The smallest absolute Gasteiger partial charge is 0.244 e. The van der Waals surface area contributed by atoms with E-state index in [9.17, 15) is 8.42 Å². The van der Waals surface area contributed by atoms with Crippen molar-refractivity contribution >= 4 is 10.0 Å². The zero-order chi connectivity index (χ0) is 14.8. The summed E-state index contributed by atoms with van der Waals surface area (Å²) in [6.45, 7) is 3.29. The van der Waals surface area contributed by atoms with Crippen LogP contribution in [0.4, 0.5) is 0 Å². The van der Waals surface area contributed by atoms with Gasteiger partial charge in [0.05, 0.1) is 6.54 Å². The van der Waals surface area contributed by atoms with E-state index in [1.165, 1.54) is 12.5 Å². The average molecular weight is 301 g/mol. The maximum Gasteiger partial charge on any atom is 0.244 e. The summed E-state index contributed by atoms with van der Waals surface area (Å²) in [5.41, 5.74) is 5.47. The molecule has 6 nitrogen and oxygen atoms in total. The van der Waals surface area contributed by atoms with Crippen molar-refractivity contribution in [3.05, 3.63) is 17.6 Å². The van der Waals surface area contributed by atoms with E-state index < -0.39 is 10.0 Å². The van der Waals surface area contributed by atoms with Crippen LogP contribution in [0.25, 0.3) is 0 Å². The van der Waals surface area contributed by atoms with E-state index in [-0.39, 0.29) is 17.5 Å². The molecule has 0 amide bonds. The van der Waals surface area contributed by atoms with Crippen molar-refractivity contribution in [3.63, 3.8) is 0 Å². The molecule has 1 unspecified atom stereocenters. The molecule has 1 fully saturated rings. The van der Waals surface area contributed by atoms with E-state index in [2.05, 4.69) is 9.62 Å². The van der Waals surface area contributed by atoms with Crippen LogP contribution in [0.15, 0.2) is 15.4 Å². The summed E-state index contributed by atoms with van der Waals surface area (Å²) < 4.78 is 32.6. The number of hydrogen-bond donors (Lipinski definition) is 2. The van der Waals surface area contributed by atoms with Gasteiger partial charge in [-0.25, -0.2) is 13.1 Å². The quantitative estimate of drug-likeness (QED) is 0.840. The number of rotatable bonds is 5. The number of piperidine rings is 1. The number of furan rings is 1. The van der Waals surface area contributed by atoms with Crippen molar-refractivity contribution < 1.29 is 12.8 Å². The minimum absolute atomic E-state index is 0.191. The summed E-state index contributed by atoms with van der Waals surface area (Å²) in [6, 6.07) is 1.77. The number of likely N-dealkylation sites (tertiary alicyclic amines) is 1. The second-order valence-electron chi connectivity index (χ2n) is 5.32. The van der Waals surface area contributed by atoms with Crippen molar-refractivity contribution in [1.82, 2.24) is 9.62 Å².